The van der Waals surface area contributed by atoms with Crippen LogP contribution < -0.4 is 5.32 Å². The zero-order valence-electron chi connectivity index (χ0n) is 11.1. The van der Waals surface area contributed by atoms with E-state index in [0.717, 1.165) is 44.3 Å². The second-order valence-electron chi connectivity index (χ2n) is 5.73. The summed E-state index contributed by atoms with van der Waals surface area (Å²) >= 11 is 0. The van der Waals surface area contributed by atoms with Crippen molar-refractivity contribution in [2.75, 3.05) is 19.7 Å². The standard InChI is InChI=1S/C13H21N3O2/c1-9-7-14-8-10(9)11-15-12(16-18-11)13(2)5-3-4-6-17-13/h9-10,14H,3-8H2,1-2H3. The van der Waals surface area contributed by atoms with Gasteiger partial charge in [-0.25, -0.2) is 0 Å². The van der Waals surface area contributed by atoms with Crippen LogP contribution >= 0.6 is 0 Å². The molecule has 0 radical (unpaired) electrons. The molecule has 0 amide bonds. The van der Waals surface area contributed by atoms with E-state index < -0.39 is 0 Å². The first-order valence-electron chi connectivity index (χ1n) is 6.88. The molecule has 3 heterocycles. The van der Waals surface area contributed by atoms with Crippen LogP contribution in [0.15, 0.2) is 4.52 Å². The molecule has 100 valence electrons. The van der Waals surface area contributed by atoms with Crippen molar-refractivity contribution in [1.29, 1.82) is 0 Å². The van der Waals surface area contributed by atoms with Crippen LogP contribution in [0, 0.1) is 5.92 Å². The maximum atomic E-state index is 5.85. The Kier molecular flexibility index (Phi) is 3.11. The van der Waals surface area contributed by atoms with E-state index in [0.29, 0.717) is 11.8 Å². The Hall–Kier alpha value is -0.940. The maximum absolute atomic E-state index is 5.85. The van der Waals surface area contributed by atoms with E-state index in [1.807, 2.05) is 0 Å². The van der Waals surface area contributed by atoms with Gasteiger partial charge < -0.3 is 14.6 Å². The van der Waals surface area contributed by atoms with Gasteiger partial charge in [0.25, 0.3) is 0 Å². The number of nitrogens with one attached hydrogen (secondary N) is 1. The van der Waals surface area contributed by atoms with Crippen LogP contribution in [0.3, 0.4) is 0 Å². The maximum Gasteiger partial charge on any atom is 0.231 e. The number of aromatic nitrogens is 2. The highest BCUT2D eigenvalue weighted by molar-refractivity contribution is 5.06. The van der Waals surface area contributed by atoms with Gasteiger partial charge in [-0.15, -0.1) is 0 Å². The minimum Gasteiger partial charge on any atom is -0.367 e. The molecule has 5 heteroatoms. The zero-order valence-corrected chi connectivity index (χ0v) is 11.1. The zero-order chi connectivity index (χ0) is 12.6. The minimum absolute atomic E-state index is 0.346. The fraction of sp³-hybridized carbons (Fsp3) is 0.846. The number of rotatable bonds is 2. The number of hydrogen-bond donors (Lipinski definition) is 1. The van der Waals surface area contributed by atoms with E-state index >= 15 is 0 Å². The van der Waals surface area contributed by atoms with Gasteiger partial charge in [-0.2, -0.15) is 4.98 Å². The Morgan fingerprint density at radius 3 is 2.89 bits per heavy atom. The minimum atomic E-state index is -0.352. The highest BCUT2D eigenvalue weighted by Gasteiger charge is 2.37. The summed E-state index contributed by atoms with van der Waals surface area (Å²) < 4.78 is 11.3. The SMILES string of the molecule is CC1CNCC1c1nc(C2(C)CCCCO2)no1. The third kappa shape index (κ3) is 2.06. The number of nitrogens with zero attached hydrogens (tertiary/aromatic N) is 2. The van der Waals surface area contributed by atoms with E-state index in [2.05, 4.69) is 29.3 Å². The average molecular weight is 251 g/mol. The van der Waals surface area contributed by atoms with Crippen LogP contribution in [0.1, 0.15) is 50.7 Å². The molecule has 2 saturated heterocycles. The van der Waals surface area contributed by atoms with Crippen LogP contribution in [0.5, 0.6) is 0 Å². The molecule has 0 aromatic carbocycles. The van der Waals surface area contributed by atoms with Crippen molar-refractivity contribution < 1.29 is 9.26 Å². The molecule has 0 bridgehead atoms. The monoisotopic (exact) mass is 251 g/mol. The predicted octanol–water partition coefficient (Wildman–Crippen LogP) is 1.81. The van der Waals surface area contributed by atoms with Gasteiger partial charge in [0.1, 0.15) is 5.60 Å². The molecule has 0 saturated carbocycles. The fourth-order valence-electron chi connectivity index (χ4n) is 2.85. The van der Waals surface area contributed by atoms with E-state index in [4.69, 9.17) is 9.26 Å². The van der Waals surface area contributed by atoms with Gasteiger partial charge in [-0.1, -0.05) is 12.1 Å². The summed E-state index contributed by atoms with van der Waals surface area (Å²) in [7, 11) is 0. The van der Waals surface area contributed by atoms with E-state index in [9.17, 15) is 0 Å². The predicted molar refractivity (Wildman–Crippen MR) is 66.2 cm³/mol. The van der Waals surface area contributed by atoms with Crippen LogP contribution in [0.2, 0.25) is 0 Å². The van der Waals surface area contributed by atoms with Crippen molar-refractivity contribution >= 4 is 0 Å². The second kappa shape index (κ2) is 4.63. The molecule has 3 rings (SSSR count). The number of hydrogen-bond acceptors (Lipinski definition) is 5. The van der Waals surface area contributed by atoms with Crippen LogP contribution in [0.4, 0.5) is 0 Å². The molecule has 3 unspecified atom stereocenters. The highest BCUT2D eigenvalue weighted by atomic mass is 16.5. The van der Waals surface area contributed by atoms with Gasteiger partial charge in [-0.05, 0) is 38.6 Å². The lowest BCUT2D eigenvalue weighted by atomic mass is 9.95. The molecule has 18 heavy (non-hydrogen) atoms. The molecule has 1 aromatic rings. The molecule has 2 aliphatic heterocycles. The van der Waals surface area contributed by atoms with Crippen molar-refractivity contribution in [3.05, 3.63) is 11.7 Å². The summed E-state index contributed by atoms with van der Waals surface area (Å²) in [5, 5.41) is 7.51. The third-order valence-electron chi connectivity index (χ3n) is 4.22. The molecular weight excluding hydrogens is 230 g/mol. The van der Waals surface area contributed by atoms with Gasteiger partial charge in [0, 0.05) is 13.2 Å². The topological polar surface area (TPSA) is 60.2 Å². The Labute approximate surface area is 107 Å². The first-order chi connectivity index (χ1) is 8.69. The smallest absolute Gasteiger partial charge is 0.231 e. The van der Waals surface area contributed by atoms with Crippen LogP contribution in [0.25, 0.3) is 0 Å². The van der Waals surface area contributed by atoms with Gasteiger partial charge in [0.2, 0.25) is 11.7 Å². The number of ether oxygens (including phenoxy) is 1. The van der Waals surface area contributed by atoms with Gasteiger partial charge >= 0.3 is 0 Å². The van der Waals surface area contributed by atoms with Gasteiger partial charge in [-0.3, -0.25) is 0 Å². The molecule has 3 atom stereocenters. The summed E-state index contributed by atoms with van der Waals surface area (Å²) in [4.78, 5) is 4.60. The first kappa shape index (κ1) is 12.1. The highest BCUT2D eigenvalue weighted by Crippen LogP contribution is 2.34. The summed E-state index contributed by atoms with van der Waals surface area (Å²) in [6.45, 7) is 7.03. The Bertz CT molecular complexity index is 412. The fourth-order valence-corrected chi connectivity index (χ4v) is 2.85. The van der Waals surface area contributed by atoms with Crippen molar-refractivity contribution in [2.45, 2.75) is 44.6 Å². The third-order valence-corrected chi connectivity index (χ3v) is 4.22. The van der Waals surface area contributed by atoms with Crippen molar-refractivity contribution in [3.63, 3.8) is 0 Å². The van der Waals surface area contributed by atoms with Gasteiger partial charge in [0.15, 0.2) is 0 Å². The molecule has 1 aromatic heterocycles. The van der Waals surface area contributed by atoms with Crippen LogP contribution in [-0.4, -0.2) is 29.8 Å². The lowest BCUT2D eigenvalue weighted by Gasteiger charge is -2.30. The second-order valence-corrected chi connectivity index (χ2v) is 5.73. The summed E-state index contributed by atoms with van der Waals surface area (Å²) in [6, 6.07) is 0. The van der Waals surface area contributed by atoms with Crippen molar-refractivity contribution in [1.82, 2.24) is 15.5 Å². The Balaban J connectivity index is 1.80. The normalized spacial score (nSPS) is 37.0. The molecule has 1 N–H and O–H groups in total. The van der Waals surface area contributed by atoms with Crippen LogP contribution in [-0.2, 0) is 10.3 Å². The molecule has 2 fully saturated rings. The largest absolute Gasteiger partial charge is 0.367 e. The summed E-state index contributed by atoms with van der Waals surface area (Å²) in [5.41, 5.74) is -0.352. The Morgan fingerprint density at radius 2 is 2.22 bits per heavy atom. The summed E-state index contributed by atoms with van der Waals surface area (Å²) in [5.74, 6) is 2.38. The molecule has 5 nitrogen and oxygen atoms in total. The quantitative estimate of drug-likeness (QED) is 0.868. The van der Waals surface area contributed by atoms with E-state index in [1.54, 1.807) is 0 Å². The average Bonchev–Trinajstić information content (AvgIpc) is 2.98. The van der Waals surface area contributed by atoms with Crippen molar-refractivity contribution in [3.8, 4) is 0 Å². The van der Waals surface area contributed by atoms with E-state index in [-0.39, 0.29) is 5.60 Å². The Morgan fingerprint density at radius 1 is 1.33 bits per heavy atom. The molecule has 0 spiro atoms. The first-order valence-corrected chi connectivity index (χ1v) is 6.88. The molecule has 2 aliphatic rings. The lowest BCUT2D eigenvalue weighted by molar-refractivity contribution is -0.0770. The molecule has 0 aliphatic carbocycles. The van der Waals surface area contributed by atoms with Gasteiger partial charge in [0.05, 0.1) is 5.92 Å². The molecular formula is C13H21N3O2. The lowest BCUT2D eigenvalue weighted by Crippen LogP contribution is -2.31. The van der Waals surface area contributed by atoms with E-state index in [1.165, 1.54) is 6.42 Å². The van der Waals surface area contributed by atoms with Crippen molar-refractivity contribution in [2.24, 2.45) is 5.92 Å². The summed E-state index contributed by atoms with van der Waals surface area (Å²) in [6.07, 6.45) is 3.27.